The van der Waals surface area contributed by atoms with Crippen LogP contribution in [0.4, 0.5) is 11.4 Å². The Kier molecular flexibility index (Phi) is 5.86. The molecule has 1 aliphatic heterocycles. The molecule has 2 amide bonds. The Balaban J connectivity index is 1.95. The Morgan fingerprint density at radius 2 is 1.67 bits per heavy atom. The molecule has 5 nitrogen and oxygen atoms in total. The Morgan fingerprint density at radius 3 is 2.17 bits per heavy atom. The van der Waals surface area contributed by atoms with Crippen LogP contribution in [-0.2, 0) is 9.59 Å². The van der Waals surface area contributed by atoms with Crippen LogP contribution in [0.2, 0.25) is 0 Å². The number of carbonyl (C=O) groups excluding carboxylic acids is 2. The summed E-state index contributed by atoms with van der Waals surface area (Å²) in [4.78, 5) is 27.9. The van der Waals surface area contributed by atoms with E-state index in [0.29, 0.717) is 0 Å². The fourth-order valence-electron chi connectivity index (χ4n) is 3.07. The van der Waals surface area contributed by atoms with Crippen molar-refractivity contribution in [2.75, 3.05) is 29.9 Å². The first kappa shape index (κ1) is 18.3. The van der Waals surface area contributed by atoms with E-state index in [4.69, 9.17) is 0 Å². The lowest BCUT2D eigenvalue weighted by Crippen LogP contribution is -2.48. The summed E-state index contributed by atoms with van der Waals surface area (Å²) in [5, 5.41) is 2.88. The highest BCUT2D eigenvalue weighted by Crippen LogP contribution is 2.22. The summed E-state index contributed by atoms with van der Waals surface area (Å²) in [6.07, 6.45) is 3.80. The van der Waals surface area contributed by atoms with E-state index in [9.17, 15) is 9.59 Å². The quantitative estimate of drug-likeness (QED) is 0.921. The molecule has 2 rings (SSSR count). The van der Waals surface area contributed by atoms with Crippen molar-refractivity contribution >= 4 is 23.2 Å². The van der Waals surface area contributed by atoms with E-state index < -0.39 is 0 Å². The predicted molar refractivity (Wildman–Crippen MR) is 98.3 cm³/mol. The third-order valence-corrected chi connectivity index (χ3v) is 4.36. The van der Waals surface area contributed by atoms with E-state index in [1.165, 1.54) is 31.9 Å². The molecule has 1 heterocycles. The minimum atomic E-state index is -0.374. The number of benzene rings is 1. The number of piperidine rings is 1. The molecule has 1 aliphatic rings. The molecule has 24 heavy (non-hydrogen) atoms. The van der Waals surface area contributed by atoms with Crippen LogP contribution in [0.25, 0.3) is 0 Å². The lowest BCUT2D eigenvalue weighted by molar-refractivity contribution is -0.137. The minimum absolute atomic E-state index is 0.0622. The van der Waals surface area contributed by atoms with Gasteiger partial charge in [0, 0.05) is 36.9 Å². The predicted octanol–water partition coefficient (Wildman–Crippen LogP) is 3.26. The molecule has 132 valence electrons. The molecule has 0 spiro atoms. The van der Waals surface area contributed by atoms with Gasteiger partial charge in [0.1, 0.15) is 6.54 Å². The second kappa shape index (κ2) is 7.69. The smallest absolute Gasteiger partial charge is 0.244 e. The van der Waals surface area contributed by atoms with Crippen LogP contribution in [0, 0.1) is 0 Å². The molecule has 0 atom stereocenters. The summed E-state index contributed by atoms with van der Waals surface area (Å²) >= 11 is 0. The highest BCUT2D eigenvalue weighted by molar-refractivity contribution is 5.94. The highest BCUT2D eigenvalue weighted by Gasteiger charge is 2.25. The second-order valence-electron chi connectivity index (χ2n) is 7.42. The van der Waals surface area contributed by atoms with Crippen molar-refractivity contribution in [1.29, 1.82) is 0 Å². The van der Waals surface area contributed by atoms with Crippen molar-refractivity contribution in [1.82, 2.24) is 4.90 Å². The van der Waals surface area contributed by atoms with Gasteiger partial charge >= 0.3 is 0 Å². The average Bonchev–Trinajstić information content (AvgIpc) is 2.53. The van der Waals surface area contributed by atoms with Gasteiger partial charge < -0.3 is 15.1 Å². The number of amides is 2. The molecule has 1 saturated heterocycles. The molecule has 5 heteroatoms. The molecule has 1 aromatic carbocycles. The number of hydrogen-bond acceptors (Lipinski definition) is 3. The number of hydrogen-bond donors (Lipinski definition) is 1. The molecule has 0 bridgehead atoms. The van der Waals surface area contributed by atoms with Crippen LogP contribution in [0.3, 0.4) is 0 Å². The average molecular weight is 331 g/mol. The molecule has 1 aromatic rings. The summed E-state index contributed by atoms with van der Waals surface area (Å²) in [7, 11) is 0. The van der Waals surface area contributed by atoms with E-state index in [1.54, 1.807) is 4.90 Å². The van der Waals surface area contributed by atoms with Crippen LogP contribution >= 0.6 is 0 Å². The van der Waals surface area contributed by atoms with Crippen LogP contribution in [0.5, 0.6) is 0 Å². The first-order valence-corrected chi connectivity index (χ1v) is 8.70. The Bertz CT molecular complexity index is 569. The Hall–Kier alpha value is -2.04. The van der Waals surface area contributed by atoms with Crippen molar-refractivity contribution in [3.05, 3.63) is 24.3 Å². The molecule has 1 fully saturated rings. The van der Waals surface area contributed by atoms with Crippen molar-refractivity contribution in [3.8, 4) is 0 Å². The van der Waals surface area contributed by atoms with E-state index in [2.05, 4.69) is 10.2 Å². The zero-order valence-electron chi connectivity index (χ0n) is 15.3. The van der Waals surface area contributed by atoms with Crippen molar-refractivity contribution < 1.29 is 9.59 Å². The van der Waals surface area contributed by atoms with Crippen LogP contribution in [0.1, 0.15) is 47.0 Å². The third kappa shape index (κ3) is 4.98. The SMILES string of the molecule is CC(=O)N(CC(=O)Nc1ccc(N2CCCCC2)cc1)C(C)(C)C. The second-order valence-corrected chi connectivity index (χ2v) is 7.42. The first-order valence-electron chi connectivity index (χ1n) is 8.70. The number of carbonyl (C=O) groups is 2. The highest BCUT2D eigenvalue weighted by atomic mass is 16.2. The summed E-state index contributed by atoms with van der Waals surface area (Å²) < 4.78 is 0. The van der Waals surface area contributed by atoms with Gasteiger partial charge in [-0.15, -0.1) is 0 Å². The van der Waals surface area contributed by atoms with Crippen LogP contribution in [-0.4, -0.2) is 41.9 Å². The van der Waals surface area contributed by atoms with Gasteiger partial charge in [0.2, 0.25) is 11.8 Å². The largest absolute Gasteiger partial charge is 0.372 e. The van der Waals surface area contributed by atoms with Crippen molar-refractivity contribution in [2.24, 2.45) is 0 Å². The molecule has 0 aliphatic carbocycles. The summed E-state index contributed by atoms with van der Waals surface area (Å²) in [5.41, 5.74) is 1.59. The minimum Gasteiger partial charge on any atom is -0.372 e. The topological polar surface area (TPSA) is 52.7 Å². The Labute approximate surface area is 145 Å². The van der Waals surface area contributed by atoms with Crippen LogP contribution in [0.15, 0.2) is 24.3 Å². The Morgan fingerprint density at radius 1 is 1.08 bits per heavy atom. The van der Waals surface area contributed by atoms with E-state index in [-0.39, 0.29) is 23.9 Å². The number of rotatable bonds is 4. The van der Waals surface area contributed by atoms with Gasteiger partial charge in [-0.1, -0.05) is 0 Å². The molecule has 0 radical (unpaired) electrons. The van der Waals surface area contributed by atoms with Gasteiger partial charge in [-0.3, -0.25) is 9.59 Å². The molecular weight excluding hydrogens is 302 g/mol. The standard InChI is InChI=1S/C19H29N3O2/c1-15(23)22(19(2,3)4)14-18(24)20-16-8-10-17(11-9-16)21-12-6-5-7-13-21/h8-11H,5-7,12-14H2,1-4H3,(H,20,24). The molecule has 0 unspecified atom stereocenters. The van der Waals surface area contributed by atoms with Crippen molar-refractivity contribution in [2.45, 2.75) is 52.5 Å². The van der Waals surface area contributed by atoms with Gasteiger partial charge in [0.15, 0.2) is 0 Å². The monoisotopic (exact) mass is 331 g/mol. The zero-order chi connectivity index (χ0) is 17.7. The summed E-state index contributed by atoms with van der Waals surface area (Å²) in [6.45, 7) is 9.54. The van der Waals surface area contributed by atoms with Gasteiger partial charge in [-0.05, 0) is 64.3 Å². The van der Waals surface area contributed by atoms with E-state index in [1.807, 2.05) is 45.0 Å². The third-order valence-electron chi connectivity index (χ3n) is 4.36. The fourth-order valence-corrected chi connectivity index (χ4v) is 3.07. The molecule has 1 N–H and O–H groups in total. The fraction of sp³-hybridized carbons (Fsp3) is 0.579. The van der Waals surface area contributed by atoms with Gasteiger partial charge in [0.05, 0.1) is 0 Å². The maximum Gasteiger partial charge on any atom is 0.244 e. The van der Waals surface area contributed by atoms with Gasteiger partial charge in [-0.25, -0.2) is 0 Å². The maximum absolute atomic E-state index is 12.2. The maximum atomic E-state index is 12.2. The van der Waals surface area contributed by atoms with Crippen molar-refractivity contribution in [3.63, 3.8) is 0 Å². The summed E-state index contributed by atoms with van der Waals surface area (Å²) in [6, 6.07) is 7.95. The summed E-state index contributed by atoms with van der Waals surface area (Å²) in [5.74, 6) is -0.274. The normalized spacial score (nSPS) is 15.1. The first-order chi connectivity index (χ1) is 11.3. The van der Waals surface area contributed by atoms with Gasteiger partial charge in [0.25, 0.3) is 0 Å². The van der Waals surface area contributed by atoms with Crippen LogP contribution < -0.4 is 10.2 Å². The number of nitrogens with one attached hydrogen (secondary N) is 1. The molecule has 0 saturated carbocycles. The zero-order valence-corrected chi connectivity index (χ0v) is 15.3. The number of nitrogens with zero attached hydrogens (tertiary/aromatic N) is 2. The van der Waals surface area contributed by atoms with E-state index in [0.717, 1.165) is 18.8 Å². The number of anilines is 2. The van der Waals surface area contributed by atoms with E-state index >= 15 is 0 Å². The lowest BCUT2D eigenvalue weighted by Gasteiger charge is -2.34. The molecule has 0 aromatic heterocycles. The lowest BCUT2D eigenvalue weighted by atomic mass is 10.1. The molecular formula is C19H29N3O2. The van der Waals surface area contributed by atoms with Gasteiger partial charge in [-0.2, -0.15) is 0 Å².